The average molecular weight is 386 g/mol. The molecule has 0 aromatic heterocycles. The molecule has 0 radical (unpaired) electrons. The van der Waals surface area contributed by atoms with E-state index in [-0.39, 0.29) is 11.3 Å². The van der Waals surface area contributed by atoms with Crippen molar-refractivity contribution in [2.24, 2.45) is 0 Å². The molecule has 28 heavy (non-hydrogen) atoms. The van der Waals surface area contributed by atoms with Crippen molar-refractivity contribution < 1.29 is 26.7 Å². The fourth-order valence-corrected chi connectivity index (χ4v) is 2.34. The molecule has 0 atom stereocenters. The zero-order valence-electron chi connectivity index (χ0n) is 14.1. The molecule has 6 heteroatoms. The minimum Gasteiger partial charge on any atom is -0.459 e. The highest BCUT2D eigenvalue weighted by atomic mass is 19.3. The number of hydrogen-bond donors (Lipinski definition) is 0. The van der Waals surface area contributed by atoms with E-state index in [1.165, 1.54) is 30.3 Å². The lowest BCUT2D eigenvalue weighted by molar-refractivity contribution is 0.365. The Morgan fingerprint density at radius 2 is 1.36 bits per heavy atom. The van der Waals surface area contributed by atoms with E-state index in [1.54, 1.807) is 18.2 Å². The van der Waals surface area contributed by atoms with Gasteiger partial charge in [-0.1, -0.05) is 24.0 Å². The molecule has 0 saturated carbocycles. The smallest absolute Gasteiger partial charge is 0.305 e. The zero-order chi connectivity index (χ0) is 20.1. The fraction of sp³-hybridized carbons (Fsp3) is 0. The maximum absolute atomic E-state index is 14.3. The van der Waals surface area contributed by atoms with Gasteiger partial charge in [0.15, 0.2) is 17.9 Å². The van der Waals surface area contributed by atoms with Crippen LogP contribution >= 0.6 is 0 Å². The van der Waals surface area contributed by atoms with Crippen molar-refractivity contribution in [3.05, 3.63) is 102 Å². The molecular weight excluding hydrogens is 375 g/mol. The zero-order valence-corrected chi connectivity index (χ0v) is 14.1. The maximum Gasteiger partial charge on any atom is 0.305 e. The molecule has 0 aliphatic carbocycles. The molecule has 0 unspecified atom stereocenters. The van der Waals surface area contributed by atoms with Crippen LogP contribution < -0.4 is 4.74 Å². The van der Waals surface area contributed by atoms with Crippen LogP contribution in [0.4, 0.5) is 22.0 Å². The van der Waals surface area contributed by atoms with E-state index in [9.17, 15) is 22.0 Å². The first-order valence-corrected chi connectivity index (χ1v) is 7.97. The first-order valence-electron chi connectivity index (χ1n) is 7.97. The van der Waals surface area contributed by atoms with Gasteiger partial charge in [-0.05, 0) is 59.7 Å². The van der Waals surface area contributed by atoms with E-state index in [0.29, 0.717) is 23.0 Å². The summed E-state index contributed by atoms with van der Waals surface area (Å²) in [6.07, 6.45) is -1.63. The summed E-state index contributed by atoms with van der Waals surface area (Å²) >= 11 is 0. The molecule has 0 amide bonds. The summed E-state index contributed by atoms with van der Waals surface area (Å²) in [5, 5.41) is 0. The molecule has 0 aliphatic heterocycles. The van der Waals surface area contributed by atoms with Crippen molar-refractivity contribution in [1.29, 1.82) is 0 Å². The summed E-state index contributed by atoms with van der Waals surface area (Å²) in [6, 6.07) is 13.5. The average Bonchev–Trinajstić information content (AvgIpc) is 2.68. The summed E-state index contributed by atoms with van der Waals surface area (Å²) in [7, 11) is 0. The molecule has 3 rings (SSSR count). The summed E-state index contributed by atoms with van der Waals surface area (Å²) in [4.78, 5) is 0. The molecular formula is C22H11F5O. The Hall–Kier alpha value is -3.59. The van der Waals surface area contributed by atoms with Gasteiger partial charge in [-0.2, -0.15) is 8.78 Å². The molecule has 0 spiro atoms. The van der Waals surface area contributed by atoms with Gasteiger partial charge < -0.3 is 4.74 Å². The molecule has 0 N–H and O–H groups in total. The van der Waals surface area contributed by atoms with Crippen LogP contribution in [-0.4, -0.2) is 0 Å². The van der Waals surface area contributed by atoms with Crippen LogP contribution in [0.5, 0.6) is 5.75 Å². The lowest BCUT2D eigenvalue weighted by Gasteiger charge is -2.04. The van der Waals surface area contributed by atoms with E-state index in [2.05, 4.69) is 11.8 Å². The third-order valence-electron chi connectivity index (χ3n) is 3.70. The van der Waals surface area contributed by atoms with E-state index in [1.807, 2.05) is 0 Å². The third kappa shape index (κ3) is 4.77. The Morgan fingerprint density at radius 1 is 0.714 bits per heavy atom. The molecule has 0 heterocycles. The lowest BCUT2D eigenvalue weighted by atomic mass is 10.0. The Kier molecular flexibility index (Phi) is 5.75. The van der Waals surface area contributed by atoms with Crippen molar-refractivity contribution >= 4 is 0 Å². The van der Waals surface area contributed by atoms with Crippen LogP contribution in [-0.2, 0) is 0 Å². The molecule has 0 saturated heterocycles. The van der Waals surface area contributed by atoms with E-state index in [4.69, 9.17) is 4.74 Å². The van der Waals surface area contributed by atoms with Crippen LogP contribution in [0.25, 0.3) is 11.1 Å². The van der Waals surface area contributed by atoms with E-state index in [0.717, 1.165) is 12.1 Å². The van der Waals surface area contributed by atoms with Crippen molar-refractivity contribution in [1.82, 2.24) is 0 Å². The van der Waals surface area contributed by atoms with Gasteiger partial charge in [0.1, 0.15) is 11.6 Å². The molecule has 3 aromatic rings. The number of ether oxygens (including phenoxy) is 1. The Balaban J connectivity index is 1.78. The van der Waals surface area contributed by atoms with Gasteiger partial charge in [0.05, 0.1) is 5.56 Å². The largest absolute Gasteiger partial charge is 0.459 e. The van der Waals surface area contributed by atoms with Crippen LogP contribution in [0.2, 0.25) is 0 Å². The minimum absolute atomic E-state index is 0.120. The SMILES string of the molecule is FC(F)=COc1ccc(C#Cc2ccc(-c3ccc(F)c(F)c3)cc2F)cc1. The highest BCUT2D eigenvalue weighted by Gasteiger charge is 2.07. The third-order valence-corrected chi connectivity index (χ3v) is 3.70. The second-order valence-electron chi connectivity index (χ2n) is 5.62. The standard InChI is InChI=1S/C22H11F5O/c23-19-10-7-17(12-21(19)25)16-6-5-15(20(24)11-16)4-1-14-2-8-18(9-3-14)28-13-22(26)27/h2-3,5-13H. The minimum atomic E-state index is -1.95. The number of benzene rings is 3. The Bertz CT molecular complexity index is 1090. The van der Waals surface area contributed by atoms with E-state index < -0.39 is 23.5 Å². The highest BCUT2D eigenvalue weighted by molar-refractivity contribution is 5.65. The van der Waals surface area contributed by atoms with Crippen LogP contribution in [0.1, 0.15) is 11.1 Å². The monoisotopic (exact) mass is 386 g/mol. The van der Waals surface area contributed by atoms with Gasteiger partial charge in [-0.15, -0.1) is 0 Å². The quantitative estimate of drug-likeness (QED) is 0.292. The normalized spacial score (nSPS) is 10.0. The number of rotatable bonds is 3. The fourth-order valence-electron chi connectivity index (χ4n) is 2.34. The Morgan fingerprint density at radius 3 is 1.96 bits per heavy atom. The molecule has 140 valence electrons. The van der Waals surface area contributed by atoms with Crippen molar-refractivity contribution in [3.63, 3.8) is 0 Å². The molecule has 0 fully saturated rings. The summed E-state index contributed by atoms with van der Waals surface area (Å²) in [5.74, 6) is 3.02. The number of halogens is 5. The highest BCUT2D eigenvalue weighted by Crippen LogP contribution is 2.23. The molecule has 1 nitrogen and oxygen atoms in total. The van der Waals surface area contributed by atoms with Gasteiger partial charge >= 0.3 is 6.08 Å². The van der Waals surface area contributed by atoms with Gasteiger partial charge in [0.25, 0.3) is 0 Å². The van der Waals surface area contributed by atoms with Crippen LogP contribution in [0, 0.1) is 29.3 Å². The second kappa shape index (κ2) is 8.40. The summed E-state index contributed by atoms with van der Waals surface area (Å²) in [5.41, 5.74) is 1.37. The van der Waals surface area contributed by atoms with Crippen LogP contribution in [0.15, 0.2) is 73.0 Å². The summed E-state index contributed by atoms with van der Waals surface area (Å²) in [6.45, 7) is 0. The predicted molar refractivity (Wildman–Crippen MR) is 95.1 cm³/mol. The summed E-state index contributed by atoms with van der Waals surface area (Å²) < 4.78 is 69.3. The topological polar surface area (TPSA) is 9.23 Å². The number of hydrogen-bond acceptors (Lipinski definition) is 1. The first-order chi connectivity index (χ1) is 13.4. The van der Waals surface area contributed by atoms with Gasteiger partial charge in [0.2, 0.25) is 0 Å². The first kappa shape index (κ1) is 19.2. The van der Waals surface area contributed by atoms with Crippen molar-refractivity contribution in [3.8, 4) is 28.7 Å². The van der Waals surface area contributed by atoms with Gasteiger partial charge in [-0.3, -0.25) is 0 Å². The second-order valence-corrected chi connectivity index (χ2v) is 5.62. The lowest BCUT2D eigenvalue weighted by Crippen LogP contribution is -1.89. The molecule has 0 bridgehead atoms. The van der Waals surface area contributed by atoms with E-state index >= 15 is 0 Å². The van der Waals surface area contributed by atoms with Gasteiger partial charge in [0, 0.05) is 5.56 Å². The molecule has 3 aromatic carbocycles. The van der Waals surface area contributed by atoms with Crippen LogP contribution in [0.3, 0.4) is 0 Å². The maximum atomic E-state index is 14.3. The molecule has 0 aliphatic rings. The Labute approximate surface area is 157 Å². The predicted octanol–water partition coefficient (Wildman–Crippen LogP) is 6.29. The van der Waals surface area contributed by atoms with Crippen molar-refractivity contribution in [2.75, 3.05) is 0 Å². The van der Waals surface area contributed by atoms with Gasteiger partial charge in [-0.25, -0.2) is 13.2 Å². The van der Waals surface area contributed by atoms with Crippen molar-refractivity contribution in [2.45, 2.75) is 0 Å².